The van der Waals surface area contributed by atoms with E-state index in [0.717, 1.165) is 0 Å². The SMILES string of the molecule is C#CCOCCOCCNC(=O)CCC(CCC(=O)NCCO)(CCC(=O)NCCOCCOCC#C)NC(=O)C1CC(OP(C)(O)=S)C1. The molecule has 17 heteroatoms. The molecule has 0 bridgehead atoms. The number of aliphatic hydroxyl groups is 1. The predicted octanol–water partition coefficient (Wildman–Crippen LogP) is -0.417. The van der Waals surface area contributed by atoms with Gasteiger partial charge in [-0.3, -0.25) is 19.2 Å². The van der Waals surface area contributed by atoms with Crippen LogP contribution < -0.4 is 21.3 Å². The molecule has 0 aromatic heterocycles. The van der Waals surface area contributed by atoms with E-state index in [2.05, 4.69) is 33.1 Å². The highest BCUT2D eigenvalue weighted by Crippen LogP contribution is 2.45. The van der Waals surface area contributed by atoms with Gasteiger partial charge in [0.15, 0.2) is 6.49 Å². The van der Waals surface area contributed by atoms with Gasteiger partial charge < -0.3 is 54.7 Å². The average Bonchev–Trinajstić information content (AvgIpc) is 3.04. The van der Waals surface area contributed by atoms with E-state index in [-0.39, 0.29) is 121 Å². The van der Waals surface area contributed by atoms with E-state index in [0.29, 0.717) is 39.3 Å². The maximum absolute atomic E-state index is 13.5. The van der Waals surface area contributed by atoms with Crippen LogP contribution in [0.5, 0.6) is 0 Å². The van der Waals surface area contributed by atoms with Crippen molar-refractivity contribution in [2.45, 2.75) is 63.0 Å². The van der Waals surface area contributed by atoms with Crippen LogP contribution in [0.3, 0.4) is 0 Å². The van der Waals surface area contributed by atoms with Crippen LogP contribution in [0.4, 0.5) is 0 Å². The minimum atomic E-state index is -2.89. The molecular formula is C32H53N4O11PS. The minimum Gasteiger partial charge on any atom is -0.395 e. The van der Waals surface area contributed by atoms with Crippen molar-refractivity contribution in [2.75, 3.05) is 85.8 Å². The molecule has 1 saturated carbocycles. The van der Waals surface area contributed by atoms with Crippen molar-refractivity contribution in [3.8, 4) is 24.7 Å². The summed E-state index contributed by atoms with van der Waals surface area (Å²) in [5, 5.41) is 20.3. The molecule has 0 heterocycles. The molecule has 0 aliphatic heterocycles. The Bertz CT molecular complexity index is 1090. The van der Waals surface area contributed by atoms with Gasteiger partial charge in [-0.15, -0.1) is 12.8 Å². The van der Waals surface area contributed by atoms with Crippen molar-refractivity contribution in [1.29, 1.82) is 0 Å². The lowest BCUT2D eigenvalue weighted by molar-refractivity contribution is -0.134. The number of ether oxygens (including phenoxy) is 4. The molecule has 0 radical (unpaired) electrons. The van der Waals surface area contributed by atoms with E-state index >= 15 is 0 Å². The van der Waals surface area contributed by atoms with Gasteiger partial charge in [0.1, 0.15) is 13.2 Å². The Labute approximate surface area is 294 Å². The smallest absolute Gasteiger partial charge is 0.223 e. The molecule has 1 atom stereocenters. The molecule has 15 nitrogen and oxygen atoms in total. The van der Waals surface area contributed by atoms with Crippen LogP contribution in [-0.2, 0) is 54.5 Å². The number of hydrogen-bond acceptors (Lipinski definition) is 11. The summed E-state index contributed by atoms with van der Waals surface area (Å²) in [5.74, 6) is 3.05. The highest BCUT2D eigenvalue weighted by atomic mass is 32.5. The third-order valence-electron chi connectivity index (χ3n) is 7.38. The van der Waals surface area contributed by atoms with Gasteiger partial charge in [-0.1, -0.05) is 11.8 Å². The van der Waals surface area contributed by atoms with Crippen LogP contribution in [0.15, 0.2) is 0 Å². The molecule has 49 heavy (non-hydrogen) atoms. The first-order chi connectivity index (χ1) is 23.4. The third-order valence-corrected chi connectivity index (χ3v) is 8.32. The maximum atomic E-state index is 13.5. The Morgan fingerprint density at radius 3 is 1.61 bits per heavy atom. The highest BCUT2D eigenvalue weighted by Gasteiger charge is 2.41. The molecule has 1 aliphatic rings. The highest BCUT2D eigenvalue weighted by molar-refractivity contribution is 8.09. The lowest BCUT2D eigenvalue weighted by Gasteiger charge is -2.40. The van der Waals surface area contributed by atoms with Crippen molar-refractivity contribution in [3.05, 3.63) is 0 Å². The van der Waals surface area contributed by atoms with E-state index in [1.54, 1.807) is 0 Å². The summed E-state index contributed by atoms with van der Waals surface area (Å²) in [6, 6.07) is 0. The van der Waals surface area contributed by atoms with Gasteiger partial charge in [0, 0.05) is 57.0 Å². The fourth-order valence-corrected chi connectivity index (χ4v) is 5.90. The summed E-state index contributed by atoms with van der Waals surface area (Å²) < 4.78 is 26.6. The van der Waals surface area contributed by atoms with Crippen molar-refractivity contribution in [3.63, 3.8) is 0 Å². The number of hydrogen-bond donors (Lipinski definition) is 6. The normalized spacial score (nSPS) is 16.7. The Morgan fingerprint density at radius 2 is 1.20 bits per heavy atom. The molecule has 1 aliphatic carbocycles. The van der Waals surface area contributed by atoms with E-state index in [9.17, 15) is 24.1 Å². The van der Waals surface area contributed by atoms with Gasteiger partial charge in [0.25, 0.3) is 0 Å². The second-order valence-corrected chi connectivity index (χ2v) is 15.3. The second-order valence-electron chi connectivity index (χ2n) is 11.5. The third kappa shape index (κ3) is 22.7. The van der Waals surface area contributed by atoms with Crippen LogP contribution in [-0.4, -0.2) is 131 Å². The molecule has 0 spiro atoms. The quantitative estimate of drug-likeness (QED) is 0.0330. The van der Waals surface area contributed by atoms with Crippen LogP contribution in [0, 0.1) is 30.6 Å². The molecular weight excluding hydrogens is 679 g/mol. The largest absolute Gasteiger partial charge is 0.395 e. The fraction of sp³-hybridized carbons (Fsp3) is 0.750. The molecule has 0 aromatic rings. The van der Waals surface area contributed by atoms with E-state index in [1.165, 1.54) is 6.66 Å². The Kier molecular flexibility index (Phi) is 23.8. The van der Waals surface area contributed by atoms with Crippen molar-refractivity contribution >= 4 is 41.9 Å². The Balaban J connectivity index is 2.90. The zero-order chi connectivity index (χ0) is 36.4. The molecule has 1 unspecified atom stereocenters. The van der Waals surface area contributed by atoms with Gasteiger partial charge in [0.2, 0.25) is 23.6 Å². The van der Waals surface area contributed by atoms with Crippen LogP contribution in [0.1, 0.15) is 51.4 Å². The zero-order valence-electron chi connectivity index (χ0n) is 28.4. The first kappa shape index (κ1) is 44.4. The zero-order valence-corrected chi connectivity index (χ0v) is 30.1. The van der Waals surface area contributed by atoms with Crippen LogP contribution in [0.25, 0.3) is 0 Å². The summed E-state index contributed by atoms with van der Waals surface area (Å²) in [4.78, 5) is 61.6. The molecule has 1 fully saturated rings. The van der Waals surface area contributed by atoms with Crippen LogP contribution >= 0.6 is 6.49 Å². The molecule has 6 N–H and O–H groups in total. The number of carbonyl (C=O) groups is 4. The van der Waals surface area contributed by atoms with E-state index in [1.807, 2.05) is 0 Å². The maximum Gasteiger partial charge on any atom is 0.223 e. The number of carbonyl (C=O) groups excluding carboxylic acids is 4. The van der Waals surface area contributed by atoms with Gasteiger partial charge in [0.05, 0.1) is 52.4 Å². The first-order valence-electron chi connectivity index (χ1n) is 16.3. The lowest BCUT2D eigenvalue weighted by atomic mass is 9.78. The van der Waals surface area contributed by atoms with Gasteiger partial charge in [-0.25, -0.2) is 0 Å². The summed E-state index contributed by atoms with van der Waals surface area (Å²) >= 11 is 4.97. The van der Waals surface area contributed by atoms with Crippen molar-refractivity contribution in [2.24, 2.45) is 5.92 Å². The summed E-state index contributed by atoms with van der Waals surface area (Å²) in [5.41, 5.74) is -1.10. The van der Waals surface area contributed by atoms with Gasteiger partial charge in [-0.2, -0.15) is 0 Å². The first-order valence-corrected chi connectivity index (χ1v) is 19.4. The van der Waals surface area contributed by atoms with Gasteiger partial charge >= 0.3 is 0 Å². The summed E-state index contributed by atoms with van der Waals surface area (Å²) in [6.07, 6.45) is 11.0. The van der Waals surface area contributed by atoms with E-state index in [4.69, 9.17) is 53.2 Å². The predicted molar refractivity (Wildman–Crippen MR) is 186 cm³/mol. The molecule has 0 aromatic carbocycles. The molecule has 0 saturated heterocycles. The topological polar surface area (TPSA) is 203 Å². The van der Waals surface area contributed by atoms with E-state index < -0.39 is 17.9 Å². The van der Waals surface area contributed by atoms with Crippen molar-refractivity contribution in [1.82, 2.24) is 21.3 Å². The Hall–Kier alpha value is -2.63. The number of aliphatic hydroxyl groups excluding tert-OH is 1. The van der Waals surface area contributed by atoms with Crippen LogP contribution in [0.2, 0.25) is 0 Å². The van der Waals surface area contributed by atoms with Gasteiger partial charge in [-0.05, 0) is 43.9 Å². The standard InChI is InChI=1S/C32H53N4O11PS/c1-4-16-43-20-22-45-18-13-34-29(39)7-10-32(9-6-28(38)33-12-15-37,36-31(41)26-24-27(25-26)47-48(3,42)49)11-8-30(40)35-14-19-46-23-21-44-17-5-2/h1-2,26-27,37H,6-25H2,3H3,(H,33,38)(H,34,39)(H,35,40)(H,36,41)(H,42,49). The second kappa shape index (κ2) is 26.2. The number of rotatable bonds is 29. The number of amides is 4. The average molecular weight is 733 g/mol. The molecule has 278 valence electrons. The number of nitrogens with one attached hydrogen (secondary N) is 4. The Morgan fingerprint density at radius 1 is 0.776 bits per heavy atom. The number of terminal acetylenes is 2. The molecule has 4 amide bonds. The summed E-state index contributed by atoms with van der Waals surface area (Å²) in [6.45, 7) is 1.06. The lowest BCUT2D eigenvalue weighted by Crippen LogP contribution is -2.54. The van der Waals surface area contributed by atoms with Crippen molar-refractivity contribution < 1.29 is 52.6 Å². The molecule has 1 rings (SSSR count). The summed E-state index contributed by atoms with van der Waals surface area (Å²) in [7, 11) is 0. The minimum absolute atomic E-state index is 0.000720. The fourth-order valence-electron chi connectivity index (χ4n) is 4.81. The monoisotopic (exact) mass is 732 g/mol.